The van der Waals surface area contributed by atoms with E-state index in [1.54, 1.807) is 18.3 Å². The lowest BCUT2D eigenvalue weighted by molar-refractivity contribution is 0.475. The van der Waals surface area contributed by atoms with Crippen LogP contribution in [0.25, 0.3) is 0 Å². The highest BCUT2D eigenvalue weighted by Gasteiger charge is 2.02. The van der Waals surface area contributed by atoms with Gasteiger partial charge in [0.05, 0.1) is 6.20 Å². The maximum absolute atomic E-state index is 9.18. The Labute approximate surface area is 100 Å². The third-order valence-corrected chi connectivity index (χ3v) is 2.46. The molecule has 0 saturated carbocycles. The number of benzene rings is 1. The average Bonchev–Trinajstić information content (AvgIpc) is 2.77. The van der Waals surface area contributed by atoms with Crippen molar-refractivity contribution in [3.63, 3.8) is 0 Å². The zero-order valence-electron chi connectivity index (χ0n) is 9.80. The van der Waals surface area contributed by atoms with E-state index >= 15 is 0 Å². The van der Waals surface area contributed by atoms with E-state index in [2.05, 4.69) is 22.6 Å². The predicted molar refractivity (Wildman–Crippen MR) is 65.7 cm³/mol. The molecule has 2 N–H and O–H groups in total. The molecule has 0 aliphatic heterocycles. The Balaban J connectivity index is 1.97. The van der Waals surface area contributed by atoms with Gasteiger partial charge in [-0.15, -0.1) is 5.10 Å². The third kappa shape index (κ3) is 2.96. The molecular formula is C12H16N4O. The monoisotopic (exact) mass is 232 g/mol. The summed E-state index contributed by atoms with van der Waals surface area (Å²) < 4.78 is 1.85. The fourth-order valence-electron chi connectivity index (χ4n) is 1.58. The second-order valence-electron chi connectivity index (χ2n) is 3.86. The Hall–Kier alpha value is -2.04. The number of phenolic OH excluding ortho intramolecular Hbond substituents is 1. The first-order chi connectivity index (χ1) is 8.29. The Morgan fingerprint density at radius 2 is 2.06 bits per heavy atom. The molecule has 17 heavy (non-hydrogen) atoms. The van der Waals surface area contributed by atoms with Gasteiger partial charge in [0.25, 0.3) is 0 Å². The fourth-order valence-corrected chi connectivity index (χ4v) is 1.58. The normalized spacial score (nSPS) is 10.4. The third-order valence-electron chi connectivity index (χ3n) is 2.46. The largest absolute Gasteiger partial charge is 0.508 e. The number of hydrogen-bond donors (Lipinski definition) is 2. The fraction of sp³-hybridized carbons (Fsp3) is 0.333. The molecule has 0 aliphatic rings. The minimum atomic E-state index is 0.284. The van der Waals surface area contributed by atoms with Crippen molar-refractivity contribution in [1.29, 1.82) is 0 Å². The standard InChI is InChI=1S/C12H16N4O/c1-2-7-16-12(9-14-15-16)13-8-10-3-5-11(17)6-4-10/h3-6,9,13,17H,2,7-8H2,1H3. The van der Waals surface area contributed by atoms with Gasteiger partial charge in [-0.3, -0.25) is 0 Å². The van der Waals surface area contributed by atoms with E-state index in [0.29, 0.717) is 6.54 Å². The Kier molecular flexibility index (Phi) is 3.59. The second kappa shape index (κ2) is 5.34. The molecule has 1 aromatic heterocycles. The van der Waals surface area contributed by atoms with Gasteiger partial charge >= 0.3 is 0 Å². The predicted octanol–water partition coefficient (Wildman–Crippen LogP) is 2.01. The molecule has 0 bridgehead atoms. The van der Waals surface area contributed by atoms with E-state index in [4.69, 9.17) is 0 Å². The summed E-state index contributed by atoms with van der Waals surface area (Å²) in [6.07, 6.45) is 2.74. The smallest absolute Gasteiger partial charge is 0.145 e. The van der Waals surface area contributed by atoms with Crippen molar-refractivity contribution in [3.05, 3.63) is 36.0 Å². The first kappa shape index (κ1) is 11.4. The summed E-state index contributed by atoms with van der Waals surface area (Å²) in [6.45, 7) is 3.65. The molecule has 5 nitrogen and oxygen atoms in total. The van der Waals surface area contributed by atoms with Gasteiger partial charge in [0.2, 0.25) is 0 Å². The number of anilines is 1. The lowest BCUT2D eigenvalue weighted by Gasteiger charge is -2.07. The Bertz CT molecular complexity index is 464. The van der Waals surface area contributed by atoms with Crippen LogP contribution < -0.4 is 5.32 Å². The lowest BCUT2D eigenvalue weighted by Crippen LogP contribution is -2.07. The molecule has 0 atom stereocenters. The molecule has 0 aliphatic carbocycles. The zero-order chi connectivity index (χ0) is 12.1. The van der Waals surface area contributed by atoms with Gasteiger partial charge in [0.15, 0.2) is 0 Å². The zero-order valence-corrected chi connectivity index (χ0v) is 9.80. The van der Waals surface area contributed by atoms with Crippen molar-refractivity contribution >= 4 is 5.82 Å². The van der Waals surface area contributed by atoms with Gasteiger partial charge in [0, 0.05) is 13.1 Å². The van der Waals surface area contributed by atoms with Gasteiger partial charge in [-0.25, -0.2) is 4.68 Å². The molecular weight excluding hydrogens is 216 g/mol. The number of nitrogens with zero attached hydrogens (tertiary/aromatic N) is 3. The minimum Gasteiger partial charge on any atom is -0.508 e. The summed E-state index contributed by atoms with van der Waals surface area (Å²) in [5, 5.41) is 20.3. The van der Waals surface area contributed by atoms with Crippen molar-refractivity contribution in [3.8, 4) is 5.75 Å². The van der Waals surface area contributed by atoms with E-state index in [-0.39, 0.29) is 5.75 Å². The summed E-state index contributed by atoms with van der Waals surface area (Å²) in [5.41, 5.74) is 1.10. The van der Waals surface area contributed by atoms with Gasteiger partial charge < -0.3 is 10.4 Å². The summed E-state index contributed by atoms with van der Waals surface area (Å²) in [6, 6.07) is 7.13. The van der Waals surface area contributed by atoms with Crippen molar-refractivity contribution in [2.45, 2.75) is 26.4 Å². The molecule has 90 valence electrons. The number of aryl methyl sites for hydroxylation is 1. The number of nitrogens with one attached hydrogen (secondary N) is 1. The first-order valence-corrected chi connectivity index (χ1v) is 5.70. The summed E-state index contributed by atoms with van der Waals surface area (Å²) in [5.74, 6) is 1.20. The highest BCUT2D eigenvalue weighted by molar-refractivity contribution is 5.34. The number of hydrogen-bond acceptors (Lipinski definition) is 4. The molecule has 0 saturated heterocycles. The van der Waals surface area contributed by atoms with E-state index in [0.717, 1.165) is 24.3 Å². The summed E-state index contributed by atoms with van der Waals surface area (Å²) in [4.78, 5) is 0. The van der Waals surface area contributed by atoms with E-state index in [1.807, 2.05) is 16.8 Å². The topological polar surface area (TPSA) is 63.0 Å². The van der Waals surface area contributed by atoms with Crippen LogP contribution in [0, 0.1) is 0 Å². The molecule has 0 unspecified atom stereocenters. The molecule has 1 aromatic carbocycles. The van der Waals surface area contributed by atoms with Crippen molar-refractivity contribution < 1.29 is 5.11 Å². The number of aromatic hydroxyl groups is 1. The molecule has 1 heterocycles. The first-order valence-electron chi connectivity index (χ1n) is 5.70. The summed E-state index contributed by atoms with van der Waals surface area (Å²) in [7, 11) is 0. The van der Waals surface area contributed by atoms with Crippen LogP contribution in [0.3, 0.4) is 0 Å². The van der Waals surface area contributed by atoms with Crippen LogP contribution in [0.2, 0.25) is 0 Å². The lowest BCUT2D eigenvalue weighted by atomic mass is 10.2. The van der Waals surface area contributed by atoms with Crippen molar-refractivity contribution in [2.75, 3.05) is 5.32 Å². The van der Waals surface area contributed by atoms with Crippen LogP contribution in [-0.2, 0) is 13.1 Å². The van der Waals surface area contributed by atoms with Crippen molar-refractivity contribution in [1.82, 2.24) is 15.0 Å². The molecule has 2 rings (SSSR count). The molecule has 0 fully saturated rings. The van der Waals surface area contributed by atoms with Crippen LogP contribution in [0.15, 0.2) is 30.5 Å². The molecule has 5 heteroatoms. The van der Waals surface area contributed by atoms with Crippen molar-refractivity contribution in [2.24, 2.45) is 0 Å². The SMILES string of the molecule is CCCn1nncc1NCc1ccc(O)cc1. The van der Waals surface area contributed by atoms with E-state index < -0.39 is 0 Å². The molecule has 0 spiro atoms. The molecule has 0 amide bonds. The van der Waals surface area contributed by atoms with Gasteiger partial charge in [-0.1, -0.05) is 24.3 Å². The number of rotatable bonds is 5. The van der Waals surface area contributed by atoms with E-state index in [1.165, 1.54) is 0 Å². The van der Waals surface area contributed by atoms with Crippen LogP contribution in [0.1, 0.15) is 18.9 Å². The minimum absolute atomic E-state index is 0.284. The van der Waals surface area contributed by atoms with Gasteiger partial charge in [-0.05, 0) is 24.1 Å². The van der Waals surface area contributed by atoms with Crippen LogP contribution in [-0.4, -0.2) is 20.1 Å². The Morgan fingerprint density at radius 3 is 2.76 bits per heavy atom. The highest BCUT2D eigenvalue weighted by atomic mass is 16.3. The quantitative estimate of drug-likeness (QED) is 0.827. The average molecular weight is 232 g/mol. The molecule has 0 radical (unpaired) electrons. The number of aromatic nitrogens is 3. The van der Waals surface area contributed by atoms with Crippen LogP contribution in [0.5, 0.6) is 5.75 Å². The second-order valence-corrected chi connectivity index (χ2v) is 3.86. The van der Waals surface area contributed by atoms with Gasteiger partial charge in [0.1, 0.15) is 11.6 Å². The van der Waals surface area contributed by atoms with Crippen LogP contribution in [0.4, 0.5) is 5.82 Å². The van der Waals surface area contributed by atoms with Gasteiger partial charge in [-0.2, -0.15) is 0 Å². The summed E-state index contributed by atoms with van der Waals surface area (Å²) >= 11 is 0. The highest BCUT2D eigenvalue weighted by Crippen LogP contribution is 2.12. The number of phenols is 1. The maximum atomic E-state index is 9.18. The Morgan fingerprint density at radius 1 is 1.29 bits per heavy atom. The van der Waals surface area contributed by atoms with Crippen LogP contribution >= 0.6 is 0 Å². The van der Waals surface area contributed by atoms with E-state index in [9.17, 15) is 5.11 Å². The maximum Gasteiger partial charge on any atom is 0.145 e. The molecule has 2 aromatic rings.